The summed E-state index contributed by atoms with van der Waals surface area (Å²) in [6.07, 6.45) is 4.60. The Hall–Kier alpha value is -0.460. The molecule has 2 aliphatic rings. The van der Waals surface area contributed by atoms with Crippen molar-refractivity contribution in [3.8, 4) is 0 Å². The summed E-state index contributed by atoms with van der Waals surface area (Å²) in [4.78, 5) is 16.2. The molecule has 2 fully saturated rings. The molecular formula is C17H32N2O3S. The van der Waals surface area contributed by atoms with E-state index in [4.69, 9.17) is 4.74 Å². The molecule has 0 unspecified atom stereocenters. The van der Waals surface area contributed by atoms with E-state index in [1.54, 1.807) is 4.90 Å². The van der Waals surface area contributed by atoms with Gasteiger partial charge in [-0.25, -0.2) is 4.79 Å². The number of likely N-dealkylation sites (tertiary alicyclic amines) is 2. The van der Waals surface area contributed by atoms with Gasteiger partial charge in [-0.3, -0.25) is 4.90 Å². The largest absolute Gasteiger partial charge is 0.444 e. The maximum absolute atomic E-state index is 12.1. The molecule has 0 bridgehead atoms. The molecule has 23 heavy (non-hydrogen) atoms. The van der Waals surface area contributed by atoms with Crippen LogP contribution in [0.3, 0.4) is 0 Å². The molecule has 2 aliphatic heterocycles. The average Bonchev–Trinajstić information content (AvgIpc) is 2.93. The number of amides is 1. The quantitative estimate of drug-likeness (QED) is 0.849. The summed E-state index contributed by atoms with van der Waals surface area (Å²) in [5.74, 6) is 0.294. The Labute approximate surface area is 144 Å². The van der Waals surface area contributed by atoms with Crippen molar-refractivity contribution in [1.29, 1.82) is 0 Å². The van der Waals surface area contributed by atoms with Gasteiger partial charge in [-0.1, -0.05) is 0 Å². The number of aliphatic hydroxyl groups is 1. The first-order chi connectivity index (χ1) is 10.8. The fourth-order valence-electron chi connectivity index (χ4n) is 3.36. The summed E-state index contributed by atoms with van der Waals surface area (Å²) < 4.78 is 5.42. The lowest BCUT2D eigenvalue weighted by Gasteiger charge is -2.36. The number of aliphatic hydroxyl groups excluding tert-OH is 1. The Morgan fingerprint density at radius 3 is 2.43 bits per heavy atom. The number of rotatable bonds is 4. The molecule has 2 heterocycles. The van der Waals surface area contributed by atoms with Gasteiger partial charge in [0.1, 0.15) is 5.60 Å². The number of thioether (sulfide) groups is 1. The molecule has 1 N–H and O–H groups in total. The summed E-state index contributed by atoms with van der Waals surface area (Å²) in [7, 11) is 0. The van der Waals surface area contributed by atoms with E-state index in [1.165, 1.54) is 6.42 Å². The number of β-amino-alcohol motifs (C(OH)–C–C–N with tert-alkyl or cyclic N) is 1. The lowest BCUT2D eigenvalue weighted by Crippen LogP contribution is -2.45. The van der Waals surface area contributed by atoms with Crippen LogP contribution in [0.1, 0.15) is 40.0 Å². The Morgan fingerprint density at radius 2 is 1.91 bits per heavy atom. The van der Waals surface area contributed by atoms with E-state index >= 15 is 0 Å². The molecule has 2 saturated heterocycles. The van der Waals surface area contributed by atoms with Gasteiger partial charge < -0.3 is 14.7 Å². The smallest absolute Gasteiger partial charge is 0.410 e. The minimum Gasteiger partial charge on any atom is -0.444 e. The zero-order valence-electron chi connectivity index (χ0n) is 15.0. The molecule has 0 aromatic rings. The van der Waals surface area contributed by atoms with Gasteiger partial charge in [0.05, 0.1) is 6.10 Å². The molecule has 2 atom stereocenters. The molecule has 0 spiro atoms. The second-order valence-electron chi connectivity index (χ2n) is 7.78. The number of ether oxygens (including phenoxy) is 1. The number of hydrogen-bond donors (Lipinski definition) is 1. The van der Waals surface area contributed by atoms with E-state index in [-0.39, 0.29) is 12.2 Å². The van der Waals surface area contributed by atoms with Crippen LogP contribution in [0, 0.1) is 5.92 Å². The van der Waals surface area contributed by atoms with E-state index in [0.29, 0.717) is 19.0 Å². The van der Waals surface area contributed by atoms with E-state index in [9.17, 15) is 9.90 Å². The third-order valence-electron chi connectivity index (χ3n) is 4.74. The van der Waals surface area contributed by atoms with Crippen molar-refractivity contribution < 1.29 is 14.6 Å². The van der Waals surface area contributed by atoms with Crippen LogP contribution < -0.4 is 0 Å². The second kappa shape index (κ2) is 8.08. The van der Waals surface area contributed by atoms with E-state index in [1.807, 2.05) is 32.5 Å². The topological polar surface area (TPSA) is 53.0 Å². The third-order valence-corrected chi connectivity index (χ3v) is 5.79. The normalized spacial score (nSPS) is 25.6. The molecule has 0 radical (unpaired) electrons. The van der Waals surface area contributed by atoms with Crippen LogP contribution in [0.2, 0.25) is 0 Å². The van der Waals surface area contributed by atoms with Gasteiger partial charge in [-0.15, -0.1) is 0 Å². The number of carbonyl (C=O) groups excluding carboxylic acids is 1. The lowest BCUT2D eigenvalue weighted by molar-refractivity contribution is 0.00340. The Balaban J connectivity index is 1.72. The van der Waals surface area contributed by atoms with Gasteiger partial charge in [0.2, 0.25) is 0 Å². The fraction of sp³-hybridized carbons (Fsp3) is 0.941. The fourth-order valence-corrected chi connectivity index (χ4v) is 4.06. The first-order valence-corrected chi connectivity index (χ1v) is 9.98. The van der Waals surface area contributed by atoms with Crippen LogP contribution in [0.5, 0.6) is 0 Å². The first-order valence-electron chi connectivity index (χ1n) is 8.69. The first kappa shape index (κ1) is 18.9. The summed E-state index contributed by atoms with van der Waals surface area (Å²) >= 11 is 1.93. The average molecular weight is 345 g/mol. The maximum atomic E-state index is 12.1. The molecule has 0 aromatic carbocycles. The number of carbonyl (C=O) groups is 1. The van der Waals surface area contributed by atoms with Crippen molar-refractivity contribution in [2.75, 3.05) is 39.0 Å². The molecule has 6 heteroatoms. The molecule has 1 amide bonds. The summed E-state index contributed by atoms with van der Waals surface area (Å²) in [5, 5.41) is 11.2. The predicted octanol–water partition coefficient (Wildman–Crippen LogP) is 2.43. The monoisotopic (exact) mass is 344 g/mol. The second-order valence-corrected chi connectivity index (χ2v) is 8.92. The van der Waals surface area contributed by atoms with Gasteiger partial charge in [-0.2, -0.15) is 11.8 Å². The number of hydrogen-bond acceptors (Lipinski definition) is 5. The zero-order chi connectivity index (χ0) is 17.0. The highest BCUT2D eigenvalue weighted by Gasteiger charge is 2.32. The van der Waals surface area contributed by atoms with Crippen molar-refractivity contribution in [2.45, 2.75) is 57.0 Å². The van der Waals surface area contributed by atoms with Crippen LogP contribution >= 0.6 is 11.8 Å². The van der Waals surface area contributed by atoms with Gasteiger partial charge in [0.15, 0.2) is 0 Å². The van der Waals surface area contributed by atoms with Crippen LogP contribution in [0.4, 0.5) is 4.79 Å². The summed E-state index contributed by atoms with van der Waals surface area (Å²) in [6.45, 7) is 9.99. The SMILES string of the molecule is CS[C@@H]1CCN(C[C@H](O)C2CCN(C(=O)OC(C)(C)C)CC2)C1. The van der Waals surface area contributed by atoms with Crippen molar-refractivity contribution in [2.24, 2.45) is 5.92 Å². The zero-order valence-corrected chi connectivity index (χ0v) is 15.8. The highest BCUT2D eigenvalue weighted by atomic mass is 32.2. The van der Waals surface area contributed by atoms with Crippen molar-refractivity contribution in [1.82, 2.24) is 9.80 Å². The Morgan fingerprint density at radius 1 is 1.26 bits per heavy atom. The summed E-state index contributed by atoms with van der Waals surface area (Å²) in [6, 6.07) is 0. The Kier molecular flexibility index (Phi) is 6.63. The van der Waals surface area contributed by atoms with Crippen LogP contribution in [-0.2, 0) is 4.74 Å². The van der Waals surface area contributed by atoms with Gasteiger partial charge in [-0.05, 0) is 58.8 Å². The lowest BCUT2D eigenvalue weighted by atomic mass is 9.91. The van der Waals surface area contributed by atoms with Gasteiger partial charge in [0, 0.05) is 31.4 Å². The van der Waals surface area contributed by atoms with Gasteiger partial charge >= 0.3 is 6.09 Å². The highest BCUT2D eigenvalue weighted by Crippen LogP contribution is 2.25. The molecule has 2 rings (SSSR count). The van der Waals surface area contributed by atoms with Crippen LogP contribution in [-0.4, -0.2) is 76.9 Å². The minimum atomic E-state index is -0.447. The summed E-state index contributed by atoms with van der Waals surface area (Å²) in [5.41, 5.74) is -0.447. The molecule has 5 nitrogen and oxygen atoms in total. The molecular weight excluding hydrogens is 312 g/mol. The molecule has 0 aliphatic carbocycles. The van der Waals surface area contributed by atoms with Crippen molar-refractivity contribution in [3.05, 3.63) is 0 Å². The van der Waals surface area contributed by atoms with Crippen molar-refractivity contribution in [3.63, 3.8) is 0 Å². The Bertz CT molecular complexity index is 392. The molecule has 134 valence electrons. The van der Waals surface area contributed by atoms with E-state index < -0.39 is 5.60 Å². The van der Waals surface area contributed by atoms with Crippen molar-refractivity contribution >= 4 is 17.9 Å². The number of nitrogens with zero attached hydrogens (tertiary/aromatic N) is 2. The predicted molar refractivity (Wildman–Crippen MR) is 94.9 cm³/mol. The van der Waals surface area contributed by atoms with Crippen LogP contribution in [0.15, 0.2) is 0 Å². The van der Waals surface area contributed by atoms with Gasteiger partial charge in [0.25, 0.3) is 0 Å². The highest BCUT2D eigenvalue weighted by molar-refractivity contribution is 7.99. The van der Waals surface area contributed by atoms with E-state index in [2.05, 4.69) is 11.2 Å². The third kappa shape index (κ3) is 5.84. The van der Waals surface area contributed by atoms with E-state index in [0.717, 1.165) is 37.7 Å². The number of piperidine rings is 1. The molecule has 0 aromatic heterocycles. The standard InChI is InChI=1S/C17H32N2O3S/c1-17(2,3)22-16(21)19-9-5-13(6-10-19)15(20)12-18-8-7-14(11-18)23-4/h13-15,20H,5-12H2,1-4H3/t14-,15+/m1/s1. The van der Waals surface area contributed by atoms with Crippen LogP contribution in [0.25, 0.3) is 0 Å². The molecule has 0 saturated carbocycles. The minimum absolute atomic E-state index is 0.229. The maximum Gasteiger partial charge on any atom is 0.410 e.